The Labute approximate surface area is 105 Å². The van der Waals surface area contributed by atoms with Crippen LogP contribution < -0.4 is 5.32 Å². The number of benzene rings is 1. The second-order valence-corrected chi connectivity index (χ2v) is 3.82. The first kappa shape index (κ1) is 14.0. The van der Waals surface area contributed by atoms with Gasteiger partial charge in [-0.25, -0.2) is 0 Å². The molecule has 1 unspecified atom stereocenters. The van der Waals surface area contributed by atoms with Crippen LogP contribution in [0.15, 0.2) is 35.4 Å². The molecule has 6 heteroatoms. The van der Waals surface area contributed by atoms with Gasteiger partial charge < -0.3 is 10.4 Å². The zero-order valence-electron chi connectivity index (χ0n) is 9.99. The van der Waals surface area contributed by atoms with Crippen LogP contribution in [0.25, 0.3) is 10.4 Å². The van der Waals surface area contributed by atoms with Gasteiger partial charge in [-0.3, -0.25) is 4.79 Å². The zero-order valence-corrected chi connectivity index (χ0v) is 9.99. The highest BCUT2D eigenvalue weighted by atomic mass is 16.4. The Balaban J connectivity index is 2.38. The fourth-order valence-corrected chi connectivity index (χ4v) is 1.60. The number of carboxylic acid groups (broad SMARTS) is 1. The van der Waals surface area contributed by atoms with Crippen LogP contribution in [-0.2, 0) is 11.2 Å². The van der Waals surface area contributed by atoms with E-state index in [0.29, 0.717) is 19.4 Å². The molecule has 6 nitrogen and oxygen atoms in total. The van der Waals surface area contributed by atoms with Gasteiger partial charge >= 0.3 is 5.97 Å². The lowest BCUT2D eigenvalue weighted by molar-refractivity contribution is -0.139. The number of carbonyl (C=O) groups is 1. The van der Waals surface area contributed by atoms with E-state index in [1.54, 1.807) is 0 Å². The van der Waals surface area contributed by atoms with E-state index in [9.17, 15) is 4.79 Å². The number of aryl methyl sites for hydroxylation is 1. The molecule has 96 valence electrons. The molecule has 1 rings (SSSR count). The lowest BCUT2D eigenvalue weighted by Gasteiger charge is -2.13. The molecule has 1 aromatic carbocycles. The maximum atomic E-state index is 11.0. The lowest BCUT2D eigenvalue weighted by Crippen LogP contribution is -2.38. The molecule has 0 fully saturated rings. The van der Waals surface area contributed by atoms with Crippen LogP contribution in [0.4, 0.5) is 0 Å². The van der Waals surface area contributed by atoms with E-state index in [4.69, 9.17) is 10.6 Å². The third-order valence-corrected chi connectivity index (χ3v) is 2.53. The molecule has 0 spiro atoms. The minimum atomic E-state index is -0.883. The second kappa shape index (κ2) is 8.11. The maximum Gasteiger partial charge on any atom is 0.320 e. The minimum Gasteiger partial charge on any atom is -0.480 e. The number of aliphatic carboxylic acids is 1. The molecule has 18 heavy (non-hydrogen) atoms. The summed E-state index contributed by atoms with van der Waals surface area (Å²) in [5.41, 5.74) is 9.22. The summed E-state index contributed by atoms with van der Waals surface area (Å²) in [7, 11) is 0. The molecule has 2 N–H and O–H groups in total. The van der Waals surface area contributed by atoms with Gasteiger partial charge in [0.15, 0.2) is 0 Å². The van der Waals surface area contributed by atoms with Crippen LogP contribution in [0, 0.1) is 0 Å². The Kier molecular flexibility index (Phi) is 6.32. The molecule has 1 atom stereocenters. The molecular formula is C12H16N4O2. The van der Waals surface area contributed by atoms with Gasteiger partial charge in [0.1, 0.15) is 6.04 Å². The van der Waals surface area contributed by atoms with Crippen molar-refractivity contribution < 1.29 is 9.90 Å². The number of hydrogen-bond acceptors (Lipinski definition) is 3. The van der Waals surface area contributed by atoms with E-state index < -0.39 is 12.0 Å². The van der Waals surface area contributed by atoms with Crippen molar-refractivity contribution in [1.82, 2.24) is 5.32 Å². The van der Waals surface area contributed by atoms with Gasteiger partial charge in [-0.2, -0.15) is 0 Å². The Hall–Kier alpha value is -2.04. The summed E-state index contributed by atoms with van der Waals surface area (Å²) in [6.07, 6.45) is 1.21. The third-order valence-electron chi connectivity index (χ3n) is 2.53. The van der Waals surface area contributed by atoms with Gasteiger partial charge in [-0.1, -0.05) is 35.4 Å². The number of nitrogens with zero attached hydrogens (tertiary/aromatic N) is 3. The summed E-state index contributed by atoms with van der Waals surface area (Å²) < 4.78 is 0. The first-order chi connectivity index (χ1) is 8.74. The molecular weight excluding hydrogens is 232 g/mol. The van der Waals surface area contributed by atoms with E-state index >= 15 is 0 Å². The smallest absolute Gasteiger partial charge is 0.320 e. The van der Waals surface area contributed by atoms with Gasteiger partial charge in [-0.15, -0.1) is 0 Å². The van der Waals surface area contributed by atoms with Crippen molar-refractivity contribution in [2.24, 2.45) is 5.11 Å². The van der Waals surface area contributed by atoms with Crippen molar-refractivity contribution in [3.8, 4) is 0 Å². The number of rotatable bonds is 8. The molecule has 0 aliphatic heterocycles. The number of nitrogens with one attached hydrogen (secondary N) is 1. The zero-order chi connectivity index (χ0) is 13.2. The van der Waals surface area contributed by atoms with Crippen molar-refractivity contribution in [2.75, 3.05) is 13.1 Å². The molecule has 1 aromatic rings. The standard InChI is InChI=1S/C12H16N4O2/c13-16-15-9-8-14-11(12(17)18)7-6-10-4-2-1-3-5-10/h1-5,11,14H,6-9H2,(H,17,18). The number of hydrogen-bond donors (Lipinski definition) is 2. The number of carboxylic acids is 1. The predicted molar refractivity (Wildman–Crippen MR) is 68.2 cm³/mol. The average Bonchev–Trinajstić information content (AvgIpc) is 2.38. The highest BCUT2D eigenvalue weighted by Gasteiger charge is 2.15. The fourth-order valence-electron chi connectivity index (χ4n) is 1.60. The van der Waals surface area contributed by atoms with Crippen molar-refractivity contribution in [1.29, 1.82) is 0 Å². The molecule has 0 saturated carbocycles. The second-order valence-electron chi connectivity index (χ2n) is 3.82. The predicted octanol–water partition coefficient (Wildman–Crippen LogP) is 1.97. The Morgan fingerprint density at radius 1 is 1.44 bits per heavy atom. The minimum absolute atomic E-state index is 0.256. The Bertz CT molecular complexity index is 415. The van der Waals surface area contributed by atoms with Crippen LogP contribution in [-0.4, -0.2) is 30.2 Å². The lowest BCUT2D eigenvalue weighted by atomic mass is 10.1. The van der Waals surface area contributed by atoms with Crippen LogP contribution >= 0.6 is 0 Å². The summed E-state index contributed by atoms with van der Waals surface area (Å²) >= 11 is 0. The molecule has 0 heterocycles. The first-order valence-corrected chi connectivity index (χ1v) is 5.75. The molecule has 0 bridgehead atoms. The van der Waals surface area contributed by atoms with Crippen molar-refractivity contribution >= 4 is 5.97 Å². The Morgan fingerprint density at radius 3 is 2.78 bits per heavy atom. The Morgan fingerprint density at radius 2 is 2.17 bits per heavy atom. The van der Waals surface area contributed by atoms with E-state index in [2.05, 4.69) is 15.3 Å². The van der Waals surface area contributed by atoms with Crippen LogP contribution in [0.2, 0.25) is 0 Å². The van der Waals surface area contributed by atoms with E-state index in [1.165, 1.54) is 0 Å². The van der Waals surface area contributed by atoms with E-state index in [0.717, 1.165) is 5.56 Å². The van der Waals surface area contributed by atoms with Gasteiger partial charge in [0.2, 0.25) is 0 Å². The molecule has 0 radical (unpaired) electrons. The first-order valence-electron chi connectivity index (χ1n) is 5.75. The SMILES string of the molecule is [N-]=[N+]=NCCNC(CCc1ccccc1)C(=O)O. The van der Waals surface area contributed by atoms with Gasteiger partial charge in [0.25, 0.3) is 0 Å². The summed E-state index contributed by atoms with van der Waals surface area (Å²) in [6.45, 7) is 0.626. The maximum absolute atomic E-state index is 11.0. The highest BCUT2D eigenvalue weighted by molar-refractivity contribution is 5.73. The number of azide groups is 1. The van der Waals surface area contributed by atoms with Crippen LogP contribution in [0.5, 0.6) is 0 Å². The van der Waals surface area contributed by atoms with Gasteiger partial charge in [0, 0.05) is 18.0 Å². The topological polar surface area (TPSA) is 98.1 Å². The monoisotopic (exact) mass is 248 g/mol. The summed E-state index contributed by atoms with van der Waals surface area (Å²) in [5.74, 6) is -0.883. The molecule has 0 aliphatic rings. The molecule has 0 aliphatic carbocycles. The molecule has 0 aromatic heterocycles. The van der Waals surface area contributed by atoms with Crippen LogP contribution in [0.1, 0.15) is 12.0 Å². The van der Waals surface area contributed by atoms with Gasteiger partial charge in [-0.05, 0) is 23.9 Å². The van der Waals surface area contributed by atoms with Crippen molar-refractivity contribution in [3.63, 3.8) is 0 Å². The van der Waals surface area contributed by atoms with Crippen molar-refractivity contribution in [2.45, 2.75) is 18.9 Å². The normalized spacial score (nSPS) is 11.6. The fraction of sp³-hybridized carbons (Fsp3) is 0.417. The average molecular weight is 248 g/mol. The summed E-state index contributed by atoms with van der Waals surface area (Å²) in [5, 5.41) is 15.2. The third kappa shape index (κ3) is 5.34. The molecule has 0 amide bonds. The highest BCUT2D eigenvalue weighted by Crippen LogP contribution is 2.05. The quantitative estimate of drug-likeness (QED) is 0.318. The van der Waals surface area contributed by atoms with Crippen LogP contribution in [0.3, 0.4) is 0 Å². The van der Waals surface area contributed by atoms with Gasteiger partial charge in [0.05, 0.1) is 0 Å². The van der Waals surface area contributed by atoms with E-state index in [-0.39, 0.29) is 6.54 Å². The summed E-state index contributed by atoms with van der Waals surface area (Å²) in [4.78, 5) is 13.6. The van der Waals surface area contributed by atoms with Crippen molar-refractivity contribution in [3.05, 3.63) is 46.3 Å². The largest absolute Gasteiger partial charge is 0.480 e. The van der Waals surface area contributed by atoms with E-state index in [1.807, 2.05) is 30.3 Å². The summed E-state index contributed by atoms with van der Waals surface area (Å²) in [6, 6.07) is 9.12. The molecule has 0 saturated heterocycles.